The van der Waals surface area contributed by atoms with Gasteiger partial charge in [-0.05, 0) is 31.4 Å². The lowest BCUT2D eigenvalue weighted by molar-refractivity contribution is -0.0378. The number of ether oxygens (including phenoxy) is 2. The maximum atomic E-state index is 13.2. The van der Waals surface area contributed by atoms with Crippen molar-refractivity contribution in [2.24, 2.45) is 0 Å². The first-order valence-corrected chi connectivity index (χ1v) is 7.88. The first-order valence-electron chi connectivity index (χ1n) is 7.88. The molecular weight excluding hydrogens is 269 g/mol. The topological polar surface area (TPSA) is 21.7 Å². The number of rotatable bonds is 5. The zero-order valence-corrected chi connectivity index (χ0v) is 12.7. The van der Waals surface area contributed by atoms with Gasteiger partial charge in [-0.3, -0.25) is 4.90 Å². The van der Waals surface area contributed by atoms with Crippen molar-refractivity contribution in [2.45, 2.75) is 43.7 Å². The minimum atomic E-state index is -0.266. The molecule has 0 spiro atoms. The molecule has 0 N–H and O–H groups in total. The molecule has 3 rings (SSSR count). The Morgan fingerprint density at radius 1 is 1.33 bits per heavy atom. The van der Waals surface area contributed by atoms with Crippen LogP contribution in [0.2, 0.25) is 0 Å². The van der Waals surface area contributed by atoms with Crippen molar-refractivity contribution in [3.05, 3.63) is 30.1 Å². The van der Waals surface area contributed by atoms with Crippen molar-refractivity contribution < 1.29 is 13.9 Å². The number of methoxy groups -OCH3 is 1. The molecule has 1 atom stereocenters. The van der Waals surface area contributed by atoms with Gasteiger partial charge < -0.3 is 9.47 Å². The third kappa shape index (κ3) is 3.38. The summed E-state index contributed by atoms with van der Waals surface area (Å²) < 4.78 is 24.8. The number of likely N-dealkylation sites (tertiary alicyclic amines) is 1. The first-order chi connectivity index (χ1) is 10.2. The highest BCUT2D eigenvalue weighted by Crippen LogP contribution is 2.32. The van der Waals surface area contributed by atoms with E-state index in [4.69, 9.17) is 9.47 Å². The molecule has 0 radical (unpaired) electrons. The summed E-state index contributed by atoms with van der Waals surface area (Å²) in [6.07, 6.45) is 6.30. The van der Waals surface area contributed by atoms with Crippen LogP contribution in [0.5, 0.6) is 5.75 Å². The lowest BCUT2D eigenvalue weighted by Gasteiger charge is -2.30. The van der Waals surface area contributed by atoms with Gasteiger partial charge in [0, 0.05) is 32.3 Å². The maximum absolute atomic E-state index is 13.2. The van der Waals surface area contributed by atoms with Crippen LogP contribution in [0.25, 0.3) is 0 Å². The fraction of sp³-hybridized carbons (Fsp3) is 0.647. The minimum Gasteiger partial charge on any atom is -0.490 e. The molecule has 1 saturated heterocycles. The molecule has 0 bridgehead atoms. The van der Waals surface area contributed by atoms with Crippen molar-refractivity contribution in [3.8, 4) is 5.75 Å². The molecule has 3 nitrogen and oxygen atoms in total. The van der Waals surface area contributed by atoms with E-state index >= 15 is 0 Å². The fourth-order valence-corrected chi connectivity index (χ4v) is 3.57. The van der Waals surface area contributed by atoms with Crippen LogP contribution in [0.4, 0.5) is 4.39 Å². The van der Waals surface area contributed by atoms with Gasteiger partial charge >= 0.3 is 0 Å². The van der Waals surface area contributed by atoms with Gasteiger partial charge in [0.05, 0.1) is 0 Å². The molecule has 0 amide bonds. The molecule has 0 aromatic heterocycles. The molecule has 116 valence electrons. The van der Waals surface area contributed by atoms with E-state index in [1.807, 2.05) is 0 Å². The van der Waals surface area contributed by atoms with Crippen LogP contribution < -0.4 is 4.74 Å². The Hall–Kier alpha value is -1.13. The molecular formula is C17H24FNO2. The predicted octanol–water partition coefficient (Wildman–Crippen LogP) is 3.24. The average molecular weight is 293 g/mol. The molecule has 4 heteroatoms. The largest absolute Gasteiger partial charge is 0.490 e. The van der Waals surface area contributed by atoms with E-state index in [0.717, 1.165) is 25.6 Å². The Balaban J connectivity index is 1.59. The minimum absolute atomic E-state index is 0.255. The number of hydrogen-bond donors (Lipinski definition) is 0. The number of hydrogen-bond acceptors (Lipinski definition) is 3. The van der Waals surface area contributed by atoms with E-state index in [1.165, 1.54) is 37.8 Å². The average Bonchev–Trinajstić information content (AvgIpc) is 3.15. The summed E-state index contributed by atoms with van der Waals surface area (Å²) in [5.41, 5.74) is -0.255. The summed E-state index contributed by atoms with van der Waals surface area (Å²) in [5.74, 6) is 0.309. The van der Waals surface area contributed by atoms with E-state index in [1.54, 1.807) is 19.2 Å². The van der Waals surface area contributed by atoms with Crippen LogP contribution in [0.3, 0.4) is 0 Å². The van der Waals surface area contributed by atoms with Crippen molar-refractivity contribution >= 4 is 0 Å². The normalized spacial score (nSPS) is 27.3. The zero-order valence-electron chi connectivity index (χ0n) is 12.7. The van der Waals surface area contributed by atoms with Crippen LogP contribution in [-0.4, -0.2) is 43.3 Å². The lowest BCUT2D eigenvalue weighted by Crippen LogP contribution is -2.43. The monoisotopic (exact) mass is 293 g/mol. The molecule has 1 saturated carbocycles. The Morgan fingerprint density at radius 2 is 2.14 bits per heavy atom. The molecule has 2 aliphatic rings. The Labute approximate surface area is 126 Å². The van der Waals surface area contributed by atoms with E-state index in [-0.39, 0.29) is 11.4 Å². The summed E-state index contributed by atoms with van der Waals surface area (Å²) in [6.45, 7) is 2.48. The van der Waals surface area contributed by atoms with Gasteiger partial charge in [0.15, 0.2) is 0 Å². The maximum Gasteiger partial charge on any atom is 0.126 e. The SMILES string of the molecule is COC1(COc2cccc(F)c2)CCN(C2CCCC2)C1. The Morgan fingerprint density at radius 3 is 2.86 bits per heavy atom. The number of nitrogens with zero attached hydrogens (tertiary/aromatic N) is 1. The molecule has 1 aromatic rings. The zero-order chi connectivity index (χ0) is 14.7. The van der Waals surface area contributed by atoms with E-state index in [2.05, 4.69) is 4.90 Å². The highest BCUT2D eigenvalue weighted by molar-refractivity contribution is 5.22. The Bertz CT molecular complexity index is 476. The van der Waals surface area contributed by atoms with Gasteiger partial charge in [-0.15, -0.1) is 0 Å². The molecule has 1 aromatic carbocycles. The van der Waals surface area contributed by atoms with Gasteiger partial charge in [-0.1, -0.05) is 18.9 Å². The van der Waals surface area contributed by atoms with E-state index < -0.39 is 0 Å². The van der Waals surface area contributed by atoms with Gasteiger partial charge in [0.25, 0.3) is 0 Å². The van der Waals surface area contributed by atoms with Crippen molar-refractivity contribution in [3.63, 3.8) is 0 Å². The highest BCUT2D eigenvalue weighted by atomic mass is 19.1. The molecule has 1 heterocycles. The van der Waals surface area contributed by atoms with Gasteiger partial charge in [-0.2, -0.15) is 0 Å². The van der Waals surface area contributed by atoms with Crippen LogP contribution in [0.15, 0.2) is 24.3 Å². The van der Waals surface area contributed by atoms with Crippen LogP contribution in [0, 0.1) is 5.82 Å². The second-order valence-corrected chi connectivity index (χ2v) is 6.29. The Kier molecular flexibility index (Phi) is 4.45. The molecule has 1 unspecified atom stereocenters. The van der Waals surface area contributed by atoms with Crippen LogP contribution in [-0.2, 0) is 4.74 Å². The summed E-state index contributed by atoms with van der Waals surface area (Å²) in [6, 6.07) is 7.03. The lowest BCUT2D eigenvalue weighted by atomic mass is 10.0. The fourth-order valence-electron chi connectivity index (χ4n) is 3.57. The van der Waals surface area contributed by atoms with Crippen molar-refractivity contribution in [1.82, 2.24) is 4.90 Å². The van der Waals surface area contributed by atoms with Gasteiger partial charge in [-0.25, -0.2) is 4.39 Å². The van der Waals surface area contributed by atoms with Crippen LogP contribution in [0.1, 0.15) is 32.1 Å². The molecule has 2 fully saturated rings. The summed E-state index contributed by atoms with van der Waals surface area (Å²) in [7, 11) is 1.76. The summed E-state index contributed by atoms with van der Waals surface area (Å²) in [4.78, 5) is 2.55. The van der Waals surface area contributed by atoms with Crippen molar-refractivity contribution in [2.75, 3.05) is 26.8 Å². The molecule has 21 heavy (non-hydrogen) atoms. The second-order valence-electron chi connectivity index (χ2n) is 6.29. The van der Waals surface area contributed by atoms with Crippen molar-refractivity contribution in [1.29, 1.82) is 0 Å². The molecule has 1 aliphatic carbocycles. The predicted molar refractivity (Wildman–Crippen MR) is 80.1 cm³/mol. The quantitative estimate of drug-likeness (QED) is 0.832. The van der Waals surface area contributed by atoms with E-state index in [0.29, 0.717) is 12.4 Å². The highest BCUT2D eigenvalue weighted by Gasteiger charge is 2.41. The summed E-state index contributed by atoms with van der Waals surface area (Å²) >= 11 is 0. The third-order valence-electron chi connectivity index (χ3n) is 4.92. The summed E-state index contributed by atoms with van der Waals surface area (Å²) in [5, 5.41) is 0. The van der Waals surface area contributed by atoms with Gasteiger partial charge in [0.1, 0.15) is 23.8 Å². The molecule has 1 aliphatic heterocycles. The van der Waals surface area contributed by atoms with Crippen LogP contribution >= 0.6 is 0 Å². The smallest absolute Gasteiger partial charge is 0.126 e. The third-order valence-corrected chi connectivity index (χ3v) is 4.92. The van der Waals surface area contributed by atoms with Gasteiger partial charge in [0.2, 0.25) is 0 Å². The first kappa shape index (κ1) is 14.8. The second kappa shape index (κ2) is 6.32. The number of benzene rings is 1. The standard InChI is InChI=1S/C17H24FNO2/c1-20-17(13-21-16-8-4-5-14(18)11-16)9-10-19(12-17)15-6-2-3-7-15/h4-5,8,11,15H,2-3,6-7,9-10,12-13H2,1H3. The number of halogens is 1. The van der Waals surface area contributed by atoms with E-state index in [9.17, 15) is 4.39 Å².